The molecule has 2 aromatic carbocycles. The van der Waals surface area contributed by atoms with E-state index in [-0.39, 0.29) is 24.1 Å². The number of nitrogens with one attached hydrogen (secondary N) is 1. The highest BCUT2D eigenvalue weighted by atomic mass is 79.9. The van der Waals surface area contributed by atoms with Crippen LogP contribution in [0, 0.1) is 5.92 Å². The highest BCUT2D eigenvalue weighted by Crippen LogP contribution is 2.34. The summed E-state index contributed by atoms with van der Waals surface area (Å²) < 4.78 is 0.938. The first-order chi connectivity index (χ1) is 13.4. The summed E-state index contributed by atoms with van der Waals surface area (Å²) in [6.07, 6.45) is 0.970. The zero-order chi connectivity index (χ0) is 19.8. The van der Waals surface area contributed by atoms with Crippen molar-refractivity contribution in [1.29, 1.82) is 0 Å². The second-order valence-electron chi connectivity index (χ2n) is 7.14. The predicted octanol–water partition coefficient (Wildman–Crippen LogP) is 3.35. The molecule has 2 heterocycles. The molecule has 1 atom stereocenters. The number of fused-ring (bicyclic) bond motifs is 1. The van der Waals surface area contributed by atoms with Crippen molar-refractivity contribution in [2.45, 2.75) is 19.8 Å². The lowest BCUT2D eigenvalue weighted by molar-refractivity contribution is -0.122. The van der Waals surface area contributed by atoms with Gasteiger partial charge in [-0.25, -0.2) is 0 Å². The molecule has 7 heteroatoms. The summed E-state index contributed by atoms with van der Waals surface area (Å²) in [5.41, 5.74) is 3.46. The zero-order valence-corrected chi connectivity index (χ0v) is 17.0. The van der Waals surface area contributed by atoms with E-state index in [1.165, 1.54) is 0 Å². The molecule has 0 aliphatic carbocycles. The molecule has 0 aromatic heterocycles. The Kier molecular flexibility index (Phi) is 4.93. The van der Waals surface area contributed by atoms with Crippen LogP contribution in [0.4, 0.5) is 17.1 Å². The van der Waals surface area contributed by atoms with E-state index in [0.29, 0.717) is 18.8 Å². The maximum Gasteiger partial charge on any atom is 0.229 e. The third-order valence-electron chi connectivity index (χ3n) is 5.26. The molecule has 0 saturated carbocycles. The second kappa shape index (κ2) is 7.39. The van der Waals surface area contributed by atoms with E-state index in [1.807, 2.05) is 42.5 Å². The number of hydrogen-bond acceptors (Lipinski definition) is 3. The maximum atomic E-state index is 12.6. The fourth-order valence-corrected chi connectivity index (χ4v) is 4.06. The predicted molar refractivity (Wildman–Crippen MR) is 111 cm³/mol. The smallest absolute Gasteiger partial charge is 0.229 e. The van der Waals surface area contributed by atoms with Gasteiger partial charge in [0.05, 0.1) is 5.92 Å². The van der Waals surface area contributed by atoms with Gasteiger partial charge in [0.15, 0.2) is 0 Å². The number of halogens is 1. The third kappa shape index (κ3) is 3.54. The van der Waals surface area contributed by atoms with Crippen molar-refractivity contribution in [2.24, 2.45) is 5.92 Å². The lowest BCUT2D eigenvalue weighted by Gasteiger charge is -2.19. The first kappa shape index (κ1) is 18.7. The van der Waals surface area contributed by atoms with Gasteiger partial charge in [-0.15, -0.1) is 0 Å². The lowest BCUT2D eigenvalue weighted by atomic mass is 10.1. The minimum Gasteiger partial charge on any atom is -0.326 e. The van der Waals surface area contributed by atoms with Crippen LogP contribution in [-0.4, -0.2) is 30.8 Å². The summed E-state index contributed by atoms with van der Waals surface area (Å²) in [5.74, 6) is -0.578. The Hall–Kier alpha value is -2.67. The number of anilines is 3. The molecule has 1 saturated heterocycles. The molecule has 2 aliphatic heterocycles. The number of carbonyl (C=O) groups is 3. The summed E-state index contributed by atoms with van der Waals surface area (Å²) in [7, 11) is 0. The molecule has 0 bridgehead atoms. The van der Waals surface area contributed by atoms with Crippen LogP contribution in [0.15, 0.2) is 46.9 Å². The Morgan fingerprint density at radius 1 is 1.14 bits per heavy atom. The van der Waals surface area contributed by atoms with Crippen molar-refractivity contribution in [3.63, 3.8) is 0 Å². The van der Waals surface area contributed by atoms with Crippen molar-refractivity contribution in [3.8, 4) is 0 Å². The molecule has 144 valence electrons. The maximum absolute atomic E-state index is 12.6. The molecule has 1 N–H and O–H groups in total. The molecule has 2 aliphatic rings. The van der Waals surface area contributed by atoms with Crippen molar-refractivity contribution in [1.82, 2.24) is 0 Å². The van der Waals surface area contributed by atoms with Crippen molar-refractivity contribution >= 4 is 50.7 Å². The molecule has 0 spiro atoms. The standard InChI is InChI=1S/C21H20BrN3O3/c1-13(26)24-9-8-14-10-18(6-7-19(14)24)25-12-15(11-20(25)27)21(28)23-17-4-2-16(22)3-5-17/h2-7,10,15H,8-9,11-12H2,1H3,(H,23,28)/t15-/m0/s1. The van der Waals surface area contributed by atoms with Crippen LogP contribution >= 0.6 is 15.9 Å². The quantitative estimate of drug-likeness (QED) is 0.793. The van der Waals surface area contributed by atoms with Crippen LogP contribution in [0.5, 0.6) is 0 Å². The van der Waals surface area contributed by atoms with Crippen molar-refractivity contribution < 1.29 is 14.4 Å². The Balaban J connectivity index is 1.47. The van der Waals surface area contributed by atoms with Crippen LogP contribution in [0.2, 0.25) is 0 Å². The number of benzene rings is 2. The van der Waals surface area contributed by atoms with Gasteiger partial charge < -0.3 is 15.1 Å². The Bertz CT molecular complexity index is 958. The number of nitrogens with zero attached hydrogens (tertiary/aromatic N) is 2. The van der Waals surface area contributed by atoms with Crippen LogP contribution in [0.25, 0.3) is 0 Å². The minimum atomic E-state index is -0.391. The summed E-state index contributed by atoms with van der Waals surface area (Å²) in [5, 5.41) is 2.88. The Morgan fingerprint density at radius 2 is 1.89 bits per heavy atom. The first-order valence-corrected chi connectivity index (χ1v) is 9.99. The minimum absolute atomic E-state index is 0.0217. The Morgan fingerprint density at radius 3 is 2.61 bits per heavy atom. The molecule has 4 rings (SSSR count). The molecule has 28 heavy (non-hydrogen) atoms. The molecular formula is C21H20BrN3O3. The summed E-state index contributed by atoms with van der Waals surface area (Å²) in [6, 6.07) is 13.1. The van der Waals surface area contributed by atoms with Crippen molar-refractivity contribution in [2.75, 3.05) is 28.2 Å². The average Bonchev–Trinajstić information content (AvgIpc) is 3.26. The molecule has 6 nitrogen and oxygen atoms in total. The van der Waals surface area contributed by atoms with Crippen LogP contribution in [-0.2, 0) is 20.8 Å². The van der Waals surface area contributed by atoms with Crippen molar-refractivity contribution in [3.05, 3.63) is 52.5 Å². The topological polar surface area (TPSA) is 69.7 Å². The molecule has 0 radical (unpaired) electrons. The molecular weight excluding hydrogens is 422 g/mol. The van der Waals surface area contributed by atoms with E-state index in [2.05, 4.69) is 21.2 Å². The number of carbonyl (C=O) groups excluding carboxylic acids is 3. The Labute approximate surface area is 171 Å². The van der Waals surface area contributed by atoms with Gasteiger partial charge in [-0.1, -0.05) is 15.9 Å². The van der Waals surface area contributed by atoms with Gasteiger partial charge >= 0.3 is 0 Å². The first-order valence-electron chi connectivity index (χ1n) is 9.20. The van der Waals surface area contributed by atoms with Gasteiger partial charge in [-0.05, 0) is 54.4 Å². The zero-order valence-electron chi connectivity index (χ0n) is 15.4. The van der Waals surface area contributed by atoms with Gasteiger partial charge in [0, 0.05) is 48.0 Å². The highest BCUT2D eigenvalue weighted by Gasteiger charge is 2.36. The molecule has 1 fully saturated rings. The third-order valence-corrected chi connectivity index (χ3v) is 5.79. The van der Waals surface area contributed by atoms with Crippen LogP contribution in [0.1, 0.15) is 18.9 Å². The average molecular weight is 442 g/mol. The van der Waals surface area contributed by atoms with E-state index in [9.17, 15) is 14.4 Å². The molecule has 3 amide bonds. The monoisotopic (exact) mass is 441 g/mol. The summed E-state index contributed by atoms with van der Waals surface area (Å²) >= 11 is 3.37. The van der Waals surface area contributed by atoms with E-state index in [4.69, 9.17) is 0 Å². The van der Waals surface area contributed by atoms with Gasteiger partial charge in [0.1, 0.15) is 0 Å². The fourth-order valence-electron chi connectivity index (χ4n) is 3.79. The normalized spacial score (nSPS) is 18.4. The SMILES string of the molecule is CC(=O)N1CCc2cc(N3C[C@@H](C(=O)Nc4ccc(Br)cc4)CC3=O)ccc21. The van der Waals surface area contributed by atoms with Crippen LogP contribution < -0.4 is 15.1 Å². The van der Waals surface area contributed by atoms with E-state index in [1.54, 1.807) is 16.7 Å². The van der Waals surface area contributed by atoms with Gasteiger partial charge in [-0.2, -0.15) is 0 Å². The fraction of sp³-hybridized carbons (Fsp3) is 0.286. The number of rotatable bonds is 3. The van der Waals surface area contributed by atoms with Crippen LogP contribution in [0.3, 0.4) is 0 Å². The number of amides is 3. The summed E-state index contributed by atoms with van der Waals surface area (Å²) in [6.45, 7) is 2.58. The molecule has 2 aromatic rings. The largest absolute Gasteiger partial charge is 0.326 e. The van der Waals surface area contributed by atoms with Gasteiger partial charge in [-0.3, -0.25) is 14.4 Å². The van der Waals surface area contributed by atoms with E-state index >= 15 is 0 Å². The lowest BCUT2D eigenvalue weighted by Crippen LogP contribution is -2.28. The second-order valence-corrected chi connectivity index (χ2v) is 8.05. The number of hydrogen-bond donors (Lipinski definition) is 1. The van der Waals surface area contributed by atoms with E-state index < -0.39 is 5.92 Å². The van der Waals surface area contributed by atoms with Gasteiger partial charge in [0.25, 0.3) is 0 Å². The van der Waals surface area contributed by atoms with E-state index in [0.717, 1.165) is 27.8 Å². The van der Waals surface area contributed by atoms with Gasteiger partial charge in [0.2, 0.25) is 17.7 Å². The molecule has 0 unspecified atom stereocenters. The highest BCUT2D eigenvalue weighted by molar-refractivity contribution is 9.10. The summed E-state index contributed by atoms with van der Waals surface area (Å²) in [4.78, 5) is 40.2.